The summed E-state index contributed by atoms with van der Waals surface area (Å²) in [5, 5.41) is 6.32. The fourth-order valence-electron chi connectivity index (χ4n) is 2.49. The smallest absolute Gasteiger partial charge is 0.228 e. The predicted octanol–water partition coefficient (Wildman–Crippen LogP) is 2.95. The number of Topliss-reactive ketones (excluding diaryl/α,β-unsaturated/α-hetero) is 1. The number of hydrogen-bond donors (Lipinski definition) is 2. The second-order valence-electron chi connectivity index (χ2n) is 6.50. The maximum atomic E-state index is 14.2. The van der Waals surface area contributed by atoms with Crippen molar-refractivity contribution >= 4 is 23.3 Å². The van der Waals surface area contributed by atoms with E-state index in [1.165, 1.54) is 12.8 Å². The van der Waals surface area contributed by atoms with Crippen LogP contribution in [0.25, 0.3) is 5.57 Å². The first-order valence-electron chi connectivity index (χ1n) is 8.21. The van der Waals surface area contributed by atoms with Crippen LogP contribution in [0.4, 0.5) is 16.3 Å². The van der Waals surface area contributed by atoms with Gasteiger partial charge in [-0.3, -0.25) is 4.79 Å². The molecule has 0 radical (unpaired) electrons. The fraction of sp³-hybridized carbons (Fsp3) is 0.625. The summed E-state index contributed by atoms with van der Waals surface area (Å²) in [5.41, 5.74) is 0.296. The molecule has 23 heavy (non-hydrogen) atoms. The number of hydrogen-bond acceptors (Lipinski definition) is 6. The van der Waals surface area contributed by atoms with E-state index in [2.05, 4.69) is 25.6 Å². The third kappa shape index (κ3) is 4.03. The molecule has 0 unspecified atom stereocenters. The summed E-state index contributed by atoms with van der Waals surface area (Å²) in [5.74, 6) is 0.601. The van der Waals surface area contributed by atoms with Gasteiger partial charge in [-0.05, 0) is 45.4 Å². The molecule has 1 heterocycles. The van der Waals surface area contributed by atoms with Crippen molar-refractivity contribution in [3.05, 3.63) is 11.7 Å². The summed E-state index contributed by atoms with van der Waals surface area (Å²) < 4.78 is 14.2. The van der Waals surface area contributed by atoms with E-state index < -0.39 is 11.6 Å². The molecule has 0 atom stereocenters. The minimum atomic E-state index is -0.703. The van der Waals surface area contributed by atoms with Crippen molar-refractivity contribution in [1.29, 1.82) is 0 Å². The fourth-order valence-corrected chi connectivity index (χ4v) is 2.49. The van der Waals surface area contributed by atoms with Gasteiger partial charge in [0.1, 0.15) is 0 Å². The van der Waals surface area contributed by atoms with Crippen LogP contribution in [0.3, 0.4) is 0 Å². The van der Waals surface area contributed by atoms with Gasteiger partial charge in [-0.25, -0.2) is 4.39 Å². The van der Waals surface area contributed by atoms with Crippen molar-refractivity contribution in [3.63, 3.8) is 0 Å². The molecule has 0 aliphatic heterocycles. The molecule has 6 nitrogen and oxygen atoms in total. The molecule has 0 bridgehead atoms. The van der Waals surface area contributed by atoms with E-state index in [9.17, 15) is 9.18 Å². The van der Waals surface area contributed by atoms with Crippen molar-refractivity contribution < 1.29 is 9.18 Å². The highest BCUT2D eigenvalue weighted by Gasteiger charge is 2.25. The second kappa shape index (κ2) is 6.60. The Bertz CT molecular complexity index is 639. The summed E-state index contributed by atoms with van der Waals surface area (Å²) in [7, 11) is 0. The van der Waals surface area contributed by atoms with E-state index >= 15 is 0 Å². The lowest BCUT2D eigenvalue weighted by Crippen LogP contribution is -2.18. The van der Waals surface area contributed by atoms with Gasteiger partial charge in [-0.2, -0.15) is 15.0 Å². The SMILES string of the molecule is CC(C)Nc1nc(NCC2CC2)nc(C2=C(F)C(=O)CCC2)n1. The van der Waals surface area contributed by atoms with Gasteiger partial charge >= 0.3 is 0 Å². The number of nitrogens with zero attached hydrogens (tertiary/aromatic N) is 3. The number of carbonyl (C=O) groups is 1. The Kier molecular flexibility index (Phi) is 4.54. The highest BCUT2D eigenvalue weighted by molar-refractivity contribution is 6.01. The lowest BCUT2D eigenvalue weighted by molar-refractivity contribution is -0.117. The third-order valence-corrected chi connectivity index (χ3v) is 3.91. The molecule has 3 rings (SSSR count). The Balaban J connectivity index is 1.91. The molecule has 1 aromatic rings. The van der Waals surface area contributed by atoms with Gasteiger partial charge in [-0.15, -0.1) is 0 Å². The molecule has 2 aliphatic carbocycles. The highest BCUT2D eigenvalue weighted by Crippen LogP contribution is 2.31. The van der Waals surface area contributed by atoms with Gasteiger partial charge in [0.05, 0.1) is 0 Å². The molecule has 0 saturated heterocycles. The molecule has 1 aromatic heterocycles. The number of carbonyl (C=O) groups excluding carboxylic acids is 1. The average molecular weight is 319 g/mol. The highest BCUT2D eigenvalue weighted by atomic mass is 19.1. The van der Waals surface area contributed by atoms with Crippen molar-refractivity contribution in [1.82, 2.24) is 15.0 Å². The maximum absolute atomic E-state index is 14.2. The van der Waals surface area contributed by atoms with Gasteiger partial charge in [-0.1, -0.05) is 0 Å². The van der Waals surface area contributed by atoms with Crippen LogP contribution in [-0.2, 0) is 4.79 Å². The molecule has 1 fully saturated rings. The van der Waals surface area contributed by atoms with Crippen molar-refractivity contribution in [2.45, 2.75) is 52.0 Å². The normalized spacial score (nSPS) is 18.5. The van der Waals surface area contributed by atoms with Crippen LogP contribution >= 0.6 is 0 Å². The lowest BCUT2D eigenvalue weighted by atomic mass is 9.97. The van der Waals surface area contributed by atoms with E-state index in [0.29, 0.717) is 36.2 Å². The Labute approximate surface area is 135 Å². The van der Waals surface area contributed by atoms with Crippen LogP contribution in [0.2, 0.25) is 0 Å². The van der Waals surface area contributed by atoms with Gasteiger partial charge < -0.3 is 10.6 Å². The van der Waals surface area contributed by atoms with Crippen LogP contribution in [0.5, 0.6) is 0 Å². The summed E-state index contributed by atoms with van der Waals surface area (Å²) in [6, 6.07) is 0.147. The number of ketones is 1. The van der Waals surface area contributed by atoms with Gasteiger partial charge in [0.15, 0.2) is 17.4 Å². The summed E-state index contributed by atoms with van der Waals surface area (Å²) in [6.45, 7) is 4.76. The van der Waals surface area contributed by atoms with Crippen LogP contribution in [0.15, 0.2) is 5.83 Å². The zero-order valence-corrected chi connectivity index (χ0v) is 13.5. The van der Waals surface area contributed by atoms with E-state index in [1.54, 1.807) is 0 Å². The molecule has 0 aromatic carbocycles. The minimum absolute atomic E-state index is 0.147. The molecular formula is C16H22FN5O. The van der Waals surface area contributed by atoms with Crippen LogP contribution < -0.4 is 10.6 Å². The molecule has 0 amide bonds. The molecular weight excluding hydrogens is 297 g/mol. The quantitative estimate of drug-likeness (QED) is 0.839. The van der Waals surface area contributed by atoms with Crippen LogP contribution in [0.1, 0.15) is 51.8 Å². The number of nitrogens with one attached hydrogen (secondary N) is 2. The predicted molar refractivity (Wildman–Crippen MR) is 86.7 cm³/mol. The molecule has 2 aliphatic rings. The van der Waals surface area contributed by atoms with Crippen molar-refractivity contribution in [3.8, 4) is 0 Å². The van der Waals surface area contributed by atoms with Gasteiger partial charge in [0.25, 0.3) is 0 Å². The Morgan fingerprint density at radius 2 is 1.91 bits per heavy atom. The molecule has 7 heteroatoms. The van der Waals surface area contributed by atoms with Gasteiger partial charge in [0, 0.05) is 24.6 Å². The van der Waals surface area contributed by atoms with Crippen molar-refractivity contribution in [2.75, 3.05) is 17.2 Å². The first kappa shape index (κ1) is 15.8. The molecule has 1 saturated carbocycles. The Hall–Kier alpha value is -2.05. The lowest BCUT2D eigenvalue weighted by Gasteiger charge is -2.16. The number of aromatic nitrogens is 3. The van der Waals surface area contributed by atoms with Crippen LogP contribution in [0, 0.1) is 5.92 Å². The maximum Gasteiger partial charge on any atom is 0.228 e. The topological polar surface area (TPSA) is 79.8 Å². The minimum Gasteiger partial charge on any atom is -0.354 e. The zero-order valence-electron chi connectivity index (χ0n) is 13.5. The van der Waals surface area contributed by atoms with E-state index in [1.807, 2.05) is 13.8 Å². The Morgan fingerprint density at radius 3 is 2.61 bits per heavy atom. The number of halogens is 1. The van der Waals surface area contributed by atoms with Crippen molar-refractivity contribution in [2.24, 2.45) is 5.92 Å². The monoisotopic (exact) mass is 319 g/mol. The number of rotatable bonds is 6. The zero-order chi connectivity index (χ0) is 16.4. The first-order valence-corrected chi connectivity index (χ1v) is 8.21. The molecule has 124 valence electrons. The van der Waals surface area contributed by atoms with Crippen LogP contribution in [-0.4, -0.2) is 33.3 Å². The third-order valence-electron chi connectivity index (χ3n) is 3.91. The summed E-state index contributed by atoms with van der Waals surface area (Å²) in [6.07, 6.45) is 3.80. The summed E-state index contributed by atoms with van der Waals surface area (Å²) >= 11 is 0. The average Bonchev–Trinajstić information content (AvgIpc) is 3.31. The second-order valence-corrected chi connectivity index (χ2v) is 6.50. The van der Waals surface area contributed by atoms with E-state index in [4.69, 9.17) is 0 Å². The van der Waals surface area contributed by atoms with E-state index in [0.717, 1.165) is 6.54 Å². The number of anilines is 2. The van der Waals surface area contributed by atoms with E-state index in [-0.39, 0.29) is 18.3 Å². The largest absolute Gasteiger partial charge is 0.354 e. The first-order chi connectivity index (χ1) is 11.0. The standard InChI is InChI=1S/C16H22FN5O/c1-9(2)19-16-21-14(11-4-3-5-12(23)13(11)17)20-15(22-16)18-8-10-6-7-10/h9-10H,3-8H2,1-2H3,(H2,18,19,20,21,22). The number of allylic oxidation sites excluding steroid dienone is 2. The summed E-state index contributed by atoms with van der Waals surface area (Å²) in [4.78, 5) is 24.6. The Morgan fingerprint density at radius 1 is 1.17 bits per heavy atom. The molecule has 2 N–H and O–H groups in total. The van der Waals surface area contributed by atoms with Gasteiger partial charge in [0.2, 0.25) is 11.9 Å². The molecule has 0 spiro atoms.